The molecule has 2 heterocycles. The van der Waals surface area contributed by atoms with Gasteiger partial charge in [-0.1, -0.05) is 0 Å². The fourth-order valence-corrected chi connectivity index (χ4v) is 2.21. The highest BCUT2D eigenvalue weighted by molar-refractivity contribution is 5.90. The van der Waals surface area contributed by atoms with Gasteiger partial charge in [0.15, 0.2) is 0 Å². The van der Waals surface area contributed by atoms with Crippen molar-refractivity contribution in [3.05, 3.63) is 53.9 Å². The number of aryl methyl sites for hydroxylation is 1. The number of aromatic amines is 1. The topological polar surface area (TPSA) is 28.7 Å². The van der Waals surface area contributed by atoms with Gasteiger partial charge in [0.1, 0.15) is 11.6 Å². The molecule has 0 saturated heterocycles. The summed E-state index contributed by atoms with van der Waals surface area (Å²) in [4.78, 5) is 7.07. The monoisotopic (exact) mass is 244 g/mol. The summed E-state index contributed by atoms with van der Waals surface area (Å²) >= 11 is 0. The van der Waals surface area contributed by atoms with Crippen LogP contribution < -0.4 is 0 Å². The molecule has 3 rings (SSSR count). The van der Waals surface area contributed by atoms with Gasteiger partial charge in [-0.15, -0.1) is 0 Å². The summed E-state index contributed by atoms with van der Waals surface area (Å²) in [6.45, 7) is 1.81. The predicted octanol–water partition coefficient (Wildman–Crippen LogP) is 3.82. The molecule has 0 aliphatic carbocycles. The molecule has 0 unspecified atom stereocenters. The number of nitrogens with zero attached hydrogens (tertiary/aromatic N) is 1. The van der Waals surface area contributed by atoms with Crippen LogP contribution in [-0.4, -0.2) is 9.97 Å². The molecule has 0 radical (unpaired) electrons. The molecule has 4 heteroatoms. The van der Waals surface area contributed by atoms with E-state index in [9.17, 15) is 8.78 Å². The first-order valence-electron chi connectivity index (χ1n) is 5.54. The minimum atomic E-state index is -0.584. The highest BCUT2D eigenvalue weighted by Gasteiger charge is 2.14. The van der Waals surface area contributed by atoms with Crippen LogP contribution in [0.15, 0.2) is 36.7 Å². The van der Waals surface area contributed by atoms with Crippen LogP contribution in [0.25, 0.3) is 22.2 Å². The van der Waals surface area contributed by atoms with Gasteiger partial charge in [-0.05, 0) is 30.7 Å². The molecular weight excluding hydrogens is 234 g/mol. The van der Waals surface area contributed by atoms with Crippen LogP contribution in [0, 0.1) is 18.6 Å². The highest BCUT2D eigenvalue weighted by Crippen LogP contribution is 2.31. The third kappa shape index (κ3) is 1.57. The number of hydrogen-bond acceptors (Lipinski definition) is 1. The molecule has 90 valence electrons. The van der Waals surface area contributed by atoms with E-state index in [-0.39, 0.29) is 0 Å². The summed E-state index contributed by atoms with van der Waals surface area (Å²) in [7, 11) is 0. The summed E-state index contributed by atoms with van der Waals surface area (Å²) in [6.07, 6.45) is 3.35. The molecular formula is C14H10F2N2. The van der Waals surface area contributed by atoms with E-state index in [1.807, 2.05) is 13.0 Å². The zero-order chi connectivity index (χ0) is 12.7. The Balaban J connectivity index is 2.33. The molecule has 18 heavy (non-hydrogen) atoms. The maximum atomic E-state index is 13.8. The number of nitrogens with one attached hydrogen (secondary N) is 1. The van der Waals surface area contributed by atoms with Crippen LogP contribution in [0.3, 0.4) is 0 Å². The second kappa shape index (κ2) is 3.91. The van der Waals surface area contributed by atoms with Gasteiger partial charge in [0.2, 0.25) is 0 Å². The Hall–Kier alpha value is -2.23. The van der Waals surface area contributed by atoms with Crippen molar-refractivity contribution in [1.82, 2.24) is 9.97 Å². The van der Waals surface area contributed by atoms with Gasteiger partial charge >= 0.3 is 0 Å². The Morgan fingerprint density at radius 2 is 2.06 bits per heavy atom. The lowest BCUT2D eigenvalue weighted by Crippen LogP contribution is -1.82. The maximum absolute atomic E-state index is 13.8. The molecule has 1 N–H and O–H groups in total. The first kappa shape index (κ1) is 10.9. The molecule has 0 fully saturated rings. The van der Waals surface area contributed by atoms with E-state index in [1.54, 1.807) is 18.5 Å². The Bertz CT molecular complexity index is 717. The Morgan fingerprint density at radius 3 is 2.78 bits per heavy atom. The van der Waals surface area contributed by atoms with Gasteiger partial charge in [0.05, 0.1) is 11.2 Å². The molecule has 1 aromatic carbocycles. The lowest BCUT2D eigenvalue weighted by molar-refractivity contribution is 0.592. The molecule has 0 atom stereocenters. The van der Waals surface area contributed by atoms with Crippen molar-refractivity contribution < 1.29 is 8.78 Å². The smallest absolute Gasteiger partial charge is 0.135 e. The van der Waals surface area contributed by atoms with Crippen LogP contribution in [0.2, 0.25) is 0 Å². The average molecular weight is 244 g/mol. The summed E-state index contributed by atoms with van der Waals surface area (Å²) in [5.74, 6) is -1.13. The van der Waals surface area contributed by atoms with Crippen molar-refractivity contribution in [2.45, 2.75) is 6.92 Å². The van der Waals surface area contributed by atoms with E-state index >= 15 is 0 Å². The molecule has 2 aromatic heterocycles. The number of H-pyrrole nitrogens is 1. The van der Waals surface area contributed by atoms with Crippen LogP contribution >= 0.6 is 0 Å². The average Bonchev–Trinajstić information content (AvgIpc) is 2.67. The summed E-state index contributed by atoms with van der Waals surface area (Å²) in [5, 5.41) is 0.426. The molecule has 3 aromatic rings. The summed E-state index contributed by atoms with van der Waals surface area (Å²) in [5.41, 5.74) is 2.84. The standard InChI is InChI=1S/C14H10F2N2/c1-8-13-11(16)5-10(15)6-12(13)18-14(8)9-3-2-4-17-7-9/h2-7,18H,1H3. The predicted molar refractivity (Wildman–Crippen MR) is 66.2 cm³/mol. The second-order valence-electron chi connectivity index (χ2n) is 4.18. The molecule has 0 aliphatic rings. The van der Waals surface area contributed by atoms with Crippen molar-refractivity contribution in [3.8, 4) is 11.3 Å². The minimum absolute atomic E-state index is 0.426. The molecule has 2 nitrogen and oxygen atoms in total. The zero-order valence-corrected chi connectivity index (χ0v) is 9.67. The number of benzene rings is 1. The Kier molecular flexibility index (Phi) is 2.37. The molecule has 0 saturated carbocycles. The maximum Gasteiger partial charge on any atom is 0.135 e. The summed E-state index contributed by atoms with van der Waals surface area (Å²) in [6, 6.07) is 5.87. The van der Waals surface area contributed by atoms with Gasteiger partial charge in [0.25, 0.3) is 0 Å². The van der Waals surface area contributed by atoms with E-state index in [0.717, 1.165) is 22.9 Å². The van der Waals surface area contributed by atoms with Crippen LogP contribution in [0.4, 0.5) is 8.78 Å². The zero-order valence-electron chi connectivity index (χ0n) is 9.67. The van der Waals surface area contributed by atoms with Crippen LogP contribution in [0.1, 0.15) is 5.56 Å². The first-order chi connectivity index (χ1) is 8.66. The van der Waals surface area contributed by atoms with Gasteiger partial charge in [0, 0.05) is 29.4 Å². The fourth-order valence-electron chi connectivity index (χ4n) is 2.21. The van der Waals surface area contributed by atoms with E-state index in [1.165, 1.54) is 6.07 Å². The van der Waals surface area contributed by atoms with Crippen molar-refractivity contribution in [2.24, 2.45) is 0 Å². The van der Waals surface area contributed by atoms with E-state index in [4.69, 9.17) is 0 Å². The number of hydrogen-bond donors (Lipinski definition) is 1. The third-order valence-corrected chi connectivity index (χ3v) is 3.01. The fraction of sp³-hybridized carbons (Fsp3) is 0.0714. The van der Waals surface area contributed by atoms with Crippen LogP contribution in [0.5, 0.6) is 0 Å². The lowest BCUT2D eigenvalue weighted by Gasteiger charge is -1.98. The normalized spacial score (nSPS) is 11.1. The van der Waals surface area contributed by atoms with Crippen molar-refractivity contribution in [1.29, 1.82) is 0 Å². The van der Waals surface area contributed by atoms with E-state index in [2.05, 4.69) is 9.97 Å². The first-order valence-corrected chi connectivity index (χ1v) is 5.54. The van der Waals surface area contributed by atoms with Crippen molar-refractivity contribution >= 4 is 10.9 Å². The highest BCUT2D eigenvalue weighted by atomic mass is 19.1. The van der Waals surface area contributed by atoms with Gasteiger partial charge in [-0.2, -0.15) is 0 Å². The summed E-state index contributed by atoms with van der Waals surface area (Å²) < 4.78 is 26.9. The number of halogens is 2. The minimum Gasteiger partial charge on any atom is -0.354 e. The third-order valence-electron chi connectivity index (χ3n) is 3.01. The van der Waals surface area contributed by atoms with E-state index in [0.29, 0.717) is 10.9 Å². The second-order valence-corrected chi connectivity index (χ2v) is 4.18. The molecule has 0 bridgehead atoms. The lowest BCUT2D eigenvalue weighted by atomic mass is 10.1. The molecule has 0 aliphatic heterocycles. The number of aromatic nitrogens is 2. The quantitative estimate of drug-likeness (QED) is 0.692. The van der Waals surface area contributed by atoms with Gasteiger partial charge in [-0.25, -0.2) is 8.78 Å². The van der Waals surface area contributed by atoms with Crippen molar-refractivity contribution in [2.75, 3.05) is 0 Å². The van der Waals surface area contributed by atoms with E-state index < -0.39 is 11.6 Å². The van der Waals surface area contributed by atoms with Crippen molar-refractivity contribution in [3.63, 3.8) is 0 Å². The number of fused-ring (bicyclic) bond motifs is 1. The molecule has 0 amide bonds. The largest absolute Gasteiger partial charge is 0.354 e. The van der Waals surface area contributed by atoms with Gasteiger partial charge in [-0.3, -0.25) is 4.98 Å². The Morgan fingerprint density at radius 1 is 1.22 bits per heavy atom. The SMILES string of the molecule is Cc1c(-c2cccnc2)[nH]c2cc(F)cc(F)c12. The number of rotatable bonds is 1. The Labute approximate surface area is 102 Å². The van der Waals surface area contributed by atoms with Crippen LogP contribution in [-0.2, 0) is 0 Å². The molecule has 0 spiro atoms. The number of pyridine rings is 1. The van der Waals surface area contributed by atoms with Gasteiger partial charge < -0.3 is 4.98 Å².